The van der Waals surface area contributed by atoms with Gasteiger partial charge in [-0.15, -0.1) is 0 Å². The minimum absolute atomic E-state index is 0.223. The lowest BCUT2D eigenvalue weighted by Gasteiger charge is -2.33. The van der Waals surface area contributed by atoms with E-state index >= 15 is 0 Å². The highest BCUT2D eigenvalue weighted by molar-refractivity contribution is 6.34. The van der Waals surface area contributed by atoms with Crippen LogP contribution in [-0.2, 0) is 4.79 Å². The third-order valence-electron chi connectivity index (χ3n) is 6.26. The Bertz CT molecular complexity index is 975. The minimum Gasteiger partial charge on any atom is -0.497 e. The predicted octanol–water partition coefficient (Wildman–Crippen LogP) is 4.23. The summed E-state index contributed by atoms with van der Waals surface area (Å²) in [5.41, 5.74) is 0.980. The van der Waals surface area contributed by atoms with E-state index in [2.05, 4.69) is 5.32 Å². The summed E-state index contributed by atoms with van der Waals surface area (Å²) in [7, 11) is 3.13. The molecule has 1 fully saturated rings. The molecule has 0 radical (unpaired) electrons. The van der Waals surface area contributed by atoms with Crippen molar-refractivity contribution in [1.82, 2.24) is 10.2 Å². The van der Waals surface area contributed by atoms with E-state index in [9.17, 15) is 14.7 Å². The standard InChI is InChI=1S/C26H33ClN2O5/c1-28-25(31)22-10-9-21(17-23(22)27)34-15-4-3-6-18-11-13-29(14-12-18)26(32)24(30)19-7-5-8-20(16-19)33-2/h5,7-10,16-18,24,30H,3-4,6,11-15H2,1-2H3,(H,28,31). The average molecular weight is 489 g/mol. The highest BCUT2D eigenvalue weighted by Gasteiger charge is 2.28. The van der Waals surface area contributed by atoms with E-state index in [0.29, 0.717) is 53.3 Å². The van der Waals surface area contributed by atoms with Crippen LogP contribution < -0.4 is 14.8 Å². The molecule has 0 saturated carbocycles. The molecule has 1 saturated heterocycles. The van der Waals surface area contributed by atoms with Crippen LogP contribution in [0.15, 0.2) is 42.5 Å². The number of aliphatic hydroxyl groups is 1. The van der Waals surface area contributed by atoms with Crippen LogP contribution in [0.2, 0.25) is 5.02 Å². The fourth-order valence-electron chi connectivity index (χ4n) is 4.20. The van der Waals surface area contributed by atoms with E-state index in [-0.39, 0.29) is 11.8 Å². The summed E-state index contributed by atoms with van der Waals surface area (Å²) < 4.78 is 11.0. The second kappa shape index (κ2) is 12.6. The second-order valence-electron chi connectivity index (χ2n) is 8.51. The van der Waals surface area contributed by atoms with Crippen molar-refractivity contribution in [3.05, 3.63) is 58.6 Å². The van der Waals surface area contributed by atoms with Crippen molar-refractivity contribution in [3.63, 3.8) is 0 Å². The number of hydrogen-bond donors (Lipinski definition) is 2. The third kappa shape index (κ3) is 6.87. The Labute approximate surface area is 206 Å². The van der Waals surface area contributed by atoms with E-state index < -0.39 is 6.10 Å². The first-order chi connectivity index (χ1) is 16.4. The molecule has 0 bridgehead atoms. The highest BCUT2D eigenvalue weighted by atomic mass is 35.5. The molecule has 34 heavy (non-hydrogen) atoms. The Morgan fingerprint density at radius 1 is 1.15 bits per heavy atom. The van der Waals surface area contributed by atoms with Crippen LogP contribution in [0.4, 0.5) is 0 Å². The number of likely N-dealkylation sites (tertiary alicyclic amines) is 1. The normalized spacial score (nSPS) is 15.0. The zero-order chi connectivity index (χ0) is 24.5. The van der Waals surface area contributed by atoms with Gasteiger partial charge >= 0.3 is 0 Å². The number of amides is 2. The maximum Gasteiger partial charge on any atom is 0.256 e. The molecule has 2 aromatic carbocycles. The first-order valence-corrected chi connectivity index (χ1v) is 12.1. The van der Waals surface area contributed by atoms with Gasteiger partial charge in [-0.2, -0.15) is 0 Å². The molecule has 1 heterocycles. The van der Waals surface area contributed by atoms with Crippen molar-refractivity contribution in [2.75, 3.05) is 33.9 Å². The topological polar surface area (TPSA) is 88.1 Å². The van der Waals surface area contributed by atoms with Crippen LogP contribution >= 0.6 is 11.6 Å². The SMILES string of the molecule is CNC(=O)c1ccc(OCCCCC2CCN(C(=O)C(O)c3cccc(OC)c3)CC2)cc1Cl. The molecule has 3 rings (SSSR count). The molecule has 7 nitrogen and oxygen atoms in total. The van der Waals surface area contributed by atoms with E-state index in [0.717, 1.165) is 32.1 Å². The van der Waals surface area contributed by atoms with Crippen LogP contribution in [0.25, 0.3) is 0 Å². The summed E-state index contributed by atoms with van der Waals surface area (Å²) in [6.45, 7) is 1.91. The van der Waals surface area contributed by atoms with Crippen LogP contribution in [0.5, 0.6) is 11.5 Å². The fraction of sp³-hybridized carbons (Fsp3) is 0.462. The van der Waals surface area contributed by atoms with Crippen molar-refractivity contribution >= 4 is 23.4 Å². The molecule has 184 valence electrons. The lowest BCUT2D eigenvalue weighted by Crippen LogP contribution is -2.41. The monoisotopic (exact) mass is 488 g/mol. The summed E-state index contributed by atoms with van der Waals surface area (Å²) in [6.07, 6.45) is 3.75. The van der Waals surface area contributed by atoms with Crippen LogP contribution in [0, 0.1) is 5.92 Å². The van der Waals surface area contributed by atoms with Crippen molar-refractivity contribution in [2.45, 2.75) is 38.2 Å². The Balaban J connectivity index is 1.35. The largest absolute Gasteiger partial charge is 0.497 e. The Kier molecular flexibility index (Phi) is 9.60. The molecule has 2 amide bonds. The van der Waals surface area contributed by atoms with Gasteiger partial charge in [-0.3, -0.25) is 9.59 Å². The van der Waals surface area contributed by atoms with Crippen LogP contribution in [-0.4, -0.2) is 55.7 Å². The van der Waals surface area contributed by atoms with Gasteiger partial charge in [0, 0.05) is 20.1 Å². The van der Waals surface area contributed by atoms with E-state index in [1.807, 2.05) is 0 Å². The van der Waals surface area contributed by atoms with Gasteiger partial charge in [-0.05, 0) is 67.5 Å². The van der Waals surface area contributed by atoms with E-state index in [4.69, 9.17) is 21.1 Å². The molecule has 2 N–H and O–H groups in total. The molecule has 1 unspecified atom stereocenters. The molecule has 8 heteroatoms. The molecule has 2 aromatic rings. The Morgan fingerprint density at radius 3 is 2.59 bits per heavy atom. The lowest BCUT2D eigenvalue weighted by molar-refractivity contribution is -0.142. The number of nitrogens with zero attached hydrogens (tertiary/aromatic N) is 1. The van der Waals surface area contributed by atoms with Gasteiger partial charge in [0.15, 0.2) is 6.10 Å². The average Bonchev–Trinajstić information content (AvgIpc) is 2.87. The third-order valence-corrected chi connectivity index (χ3v) is 6.57. The number of carbonyl (C=O) groups is 2. The Morgan fingerprint density at radius 2 is 1.91 bits per heavy atom. The molecule has 1 aliphatic rings. The quantitative estimate of drug-likeness (QED) is 0.489. The van der Waals surface area contributed by atoms with Gasteiger partial charge in [-0.1, -0.05) is 30.2 Å². The number of halogens is 1. The van der Waals surface area contributed by atoms with E-state index in [1.165, 1.54) is 0 Å². The fourth-order valence-corrected chi connectivity index (χ4v) is 4.46. The number of methoxy groups -OCH3 is 1. The lowest BCUT2D eigenvalue weighted by atomic mass is 9.91. The van der Waals surface area contributed by atoms with Crippen LogP contribution in [0.3, 0.4) is 0 Å². The number of nitrogens with one attached hydrogen (secondary N) is 1. The zero-order valence-electron chi connectivity index (χ0n) is 19.8. The molecular formula is C26H33ClN2O5. The number of hydrogen-bond acceptors (Lipinski definition) is 5. The number of piperidine rings is 1. The maximum atomic E-state index is 12.7. The van der Waals surface area contributed by atoms with Gasteiger partial charge in [0.05, 0.1) is 24.3 Å². The second-order valence-corrected chi connectivity index (χ2v) is 8.92. The maximum absolute atomic E-state index is 12.7. The number of unbranched alkanes of at least 4 members (excludes halogenated alkanes) is 1. The number of aliphatic hydroxyl groups excluding tert-OH is 1. The molecule has 1 atom stereocenters. The summed E-state index contributed by atoms with van der Waals surface area (Å²) in [4.78, 5) is 26.2. The van der Waals surface area contributed by atoms with Crippen molar-refractivity contribution < 1.29 is 24.2 Å². The minimum atomic E-state index is -1.16. The summed E-state index contributed by atoms with van der Waals surface area (Å²) >= 11 is 6.16. The molecular weight excluding hydrogens is 456 g/mol. The first-order valence-electron chi connectivity index (χ1n) is 11.7. The summed E-state index contributed by atoms with van der Waals surface area (Å²) in [6, 6.07) is 12.1. The van der Waals surface area contributed by atoms with Crippen LogP contribution in [0.1, 0.15) is 54.1 Å². The van der Waals surface area contributed by atoms with Gasteiger partial charge in [0.2, 0.25) is 0 Å². The van der Waals surface area contributed by atoms with Crippen molar-refractivity contribution in [3.8, 4) is 11.5 Å². The summed E-state index contributed by atoms with van der Waals surface area (Å²) in [5.74, 6) is 1.37. The van der Waals surface area contributed by atoms with Crippen molar-refractivity contribution in [2.24, 2.45) is 5.92 Å². The van der Waals surface area contributed by atoms with Crippen molar-refractivity contribution in [1.29, 1.82) is 0 Å². The number of carbonyl (C=O) groups excluding carboxylic acids is 2. The Hall–Kier alpha value is -2.77. The van der Waals surface area contributed by atoms with Gasteiger partial charge in [-0.25, -0.2) is 0 Å². The van der Waals surface area contributed by atoms with Gasteiger partial charge in [0.1, 0.15) is 11.5 Å². The molecule has 0 spiro atoms. The number of benzene rings is 2. The molecule has 1 aliphatic heterocycles. The smallest absolute Gasteiger partial charge is 0.256 e. The van der Waals surface area contributed by atoms with Gasteiger partial charge < -0.3 is 24.8 Å². The van der Waals surface area contributed by atoms with E-state index in [1.54, 1.807) is 61.5 Å². The molecule has 0 aliphatic carbocycles. The summed E-state index contributed by atoms with van der Waals surface area (Å²) in [5, 5.41) is 13.4. The highest BCUT2D eigenvalue weighted by Crippen LogP contribution is 2.27. The zero-order valence-corrected chi connectivity index (χ0v) is 20.5. The molecule has 0 aromatic heterocycles. The van der Waals surface area contributed by atoms with Gasteiger partial charge in [0.25, 0.3) is 11.8 Å². The number of ether oxygens (including phenoxy) is 2. The first kappa shape index (κ1) is 25.8. The predicted molar refractivity (Wildman–Crippen MR) is 131 cm³/mol. The number of rotatable bonds is 10.